The standard InChI is InChI=1S/C52H64N8O8S/c1-34(2)42-6-4-5-7-43(42)47-31-58(39-32-67-33-39)22-23-59(47)38-27-52(28-38)17-20-57(21-18-52)37-8-10-44(48(25-37)68-40-24-36-14-19-53-49(36)55-30-40)50(61)56-69(65,66)41-9-11-45(46(26-41)60(63)64)54-29-35-12-15-51(3,62)16-13-35/h4-11,14,19,24-26,30,34-35,38-39,47,54,62H,12-13,15-18,20-23,27-29,31-33H2,1-3H3,(H,53,55)(H,56,61)/t35-,47?,51-. The van der Waals surface area contributed by atoms with Crippen LogP contribution in [0.3, 0.4) is 0 Å². The number of hydrogen-bond acceptors (Lipinski definition) is 13. The van der Waals surface area contributed by atoms with Crippen molar-refractivity contribution in [1.82, 2.24) is 24.5 Å². The molecule has 5 aliphatic rings. The number of piperidine rings is 1. The van der Waals surface area contributed by atoms with E-state index in [2.05, 4.69) is 72.8 Å². The molecule has 2 aliphatic carbocycles. The number of sulfonamides is 1. The summed E-state index contributed by atoms with van der Waals surface area (Å²) < 4.78 is 41.8. The number of ether oxygens (including phenoxy) is 2. The molecule has 69 heavy (non-hydrogen) atoms. The molecule has 0 radical (unpaired) electrons. The number of pyridine rings is 1. The molecular weight excluding hydrogens is 897 g/mol. The summed E-state index contributed by atoms with van der Waals surface area (Å²) in [6, 6.07) is 22.8. The quantitative estimate of drug-likeness (QED) is 0.0613. The molecule has 5 heterocycles. The molecule has 1 amide bonds. The Labute approximate surface area is 404 Å². The van der Waals surface area contributed by atoms with E-state index >= 15 is 0 Å². The number of nitrogens with one attached hydrogen (secondary N) is 3. The minimum atomic E-state index is -4.58. The maximum Gasteiger partial charge on any atom is 0.293 e. The number of nitro groups is 1. The van der Waals surface area contributed by atoms with Gasteiger partial charge in [0.1, 0.15) is 22.8 Å². The van der Waals surface area contributed by atoms with E-state index < -0.39 is 37.0 Å². The van der Waals surface area contributed by atoms with Gasteiger partial charge in [0.25, 0.3) is 21.6 Å². The highest BCUT2D eigenvalue weighted by molar-refractivity contribution is 7.90. The number of rotatable bonds is 14. The number of amides is 1. The summed E-state index contributed by atoms with van der Waals surface area (Å²) in [5, 5.41) is 26.5. The number of nitrogens with zero attached hydrogens (tertiary/aromatic N) is 5. The van der Waals surface area contributed by atoms with Crippen molar-refractivity contribution in [3.8, 4) is 11.5 Å². The SMILES string of the molecule is CC(C)c1ccccc1C1CN(C2COC2)CCN1C1CC2(CCN(c3ccc(C(=O)NS(=O)(=O)c4ccc(NC[C@H]5CC[C@](C)(O)CC5)c([N+](=O)[O-])c4)c(Oc4cnc5[nH]ccc5c4)c3)CC2)C1. The van der Waals surface area contributed by atoms with Crippen molar-refractivity contribution in [3.63, 3.8) is 0 Å². The zero-order valence-corrected chi connectivity index (χ0v) is 40.5. The first-order valence-electron chi connectivity index (χ1n) is 24.6. The lowest BCUT2D eigenvalue weighted by Crippen LogP contribution is -2.62. The van der Waals surface area contributed by atoms with Crippen LogP contribution < -0.4 is 19.7 Å². The van der Waals surface area contributed by atoms with E-state index in [0.717, 1.165) is 102 Å². The lowest BCUT2D eigenvalue weighted by atomic mass is 9.59. The van der Waals surface area contributed by atoms with E-state index in [1.54, 1.807) is 30.6 Å². The van der Waals surface area contributed by atoms with Crippen LogP contribution in [0.1, 0.15) is 106 Å². The summed E-state index contributed by atoms with van der Waals surface area (Å²) in [7, 11) is -4.58. The van der Waals surface area contributed by atoms with Crippen LogP contribution in [-0.4, -0.2) is 114 Å². The molecule has 3 saturated heterocycles. The first kappa shape index (κ1) is 47.1. The van der Waals surface area contributed by atoms with Gasteiger partial charge in [-0.2, -0.15) is 0 Å². The van der Waals surface area contributed by atoms with Gasteiger partial charge in [-0.3, -0.25) is 24.7 Å². The van der Waals surface area contributed by atoms with E-state index in [4.69, 9.17) is 9.47 Å². The smallest absolute Gasteiger partial charge is 0.293 e. The summed E-state index contributed by atoms with van der Waals surface area (Å²) in [6.07, 6.45) is 10.5. The first-order valence-corrected chi connectivity index (χ1v) is 26.1. The summed E-state index contributed by atoms with van der Waals surface area (Å²) >= 11 is 0. The van der Waals surface area contributed by atoms with Gasteiger partial charge in [-0.15, -0.1) is 0 Å². The van der Waals surface area contributed by atoms with Crippen molar-refractivity contribution in [2.75, 3.05) is 62.7 Å². The van der Waals surface area contributed by atoms with E-state index in [9.17, 15) is 28.4 Å². The molecule has 1 unspecified atom stereocenters. The number of carbonyl (C=O) groups excluding carboxylic acids is 1. The zero-order valence-electron chi connectivity index (χ0n) is 39.7. The van der Waals surface area contributed by atoms with E-state index in [1.165, 1.54) is 23.3 Å². The molecule has 10 rings (SSSR count). The monoisotopic (exact) mass is 960 g/mol. The van der Waals surface area contributed by atoms with E-state index in [-0.39, 0.29) is 28.3 Å². The second-order valence-corrected chi connectivity index (χ2v) is 22.5. The van der Waals surface area contributed by atoms with E-state index in [0.29, 0.717) is 54.8 Å². The van der Waals surface area contributed by atoms with Gasteiger partial charge in [0.2, 0.25) is 0 Å². The Balaban J connectivity index is 0.836. The van der Waals surface area contributed by atoms with Gasteiger partial charge in [0, 0.05) is 80.8 Å². The Morgan fingerprint density at radius 3 is 2.48 bits per heavy atom. The molecule has 5 fully saturated rings. The van der Waals surface area contributed by atoms with Crippen LogP contribution in [0.2, 0.25) is 0 Å². The van der Waals surface area contributed by atoms with Gasteiger partial charge in [-0.1, -0.05) is 38.1 Å². The fourth-order valence-electron chi connectivity index (χ4n) is 11.5. The van der Waals surface area contributed by atoms with Crippen LogP contribution in [0.5, 0.6) is 11.5 Å². The third-order valence-electron chi connectivity index (χ3n) is 15.8. The summed E-state index contributed by atoms with van der Waals surface area (Å²) in [4.78, 5) is 40.5. The number of fused-ring (bicyclic) bond motifs is 1. The predicted octanol–water partition coefficient (Wildman–Crippen LogP) is 8.37. The first-order chi connectivity index (χ1) is 33.1. The minimum absolute atomic E-state index is 0.0235. The molecule has 3 aromatic carbocycles. The number of aromatic amines is 1. The number of H-pyrrole nitrogens is 1. The van der Waals surface area contributed by atoms with Crippen LogP contribution >= 0.6 is 0 Å². The number of aliphatic hydroxyl groups is 1. The number of aromatic nitrogens is 2. The fourth-order valence-corrected chi connectivity index (χ4v) is 12.5. The Hall–Kier alpha value is -5.59. The Bertz CT molecular complexity index is 2800. The summed E-state index contributed by atoms with van der Waals surface area (Å²) in [5.74, 6) is 0.216. The number of benzene rings is 3. The van der Waals surface area contributed by atoms with Gasteiger partial charge < -0.3 is 29.8 Å². The normalized spacial score (nSPS) is 23.7. The van der Waals surface area contributed by atoms with Crippen LogP contribution in [-0.2, 0) is 14.8 Å². The number of nitro benzene ring substituents is 1. The number of anilines is 2. The van der Waals surface area contributed by atoms with Crippen molar-refractivity contribution >= 4 is 44.0 Å². The zero-order chi connectivity index (χ0) is 48.1. The molecule has 3 aliphatic heterocycles. The molecule has 1 atom stereocenters. The Morgan fingerprint density at radius 1 is 0.986 bits per heavy atom. The highest BCUT2D eigenvalue weighted by Gasteiger charge is 2.50. The van der Waals surface area contributed by atoms with Gasteiger partial charge >= 0.3 is 0 Å². The van der Waals surface area contributed by atoms with Gasteiger partial charge in [-0.25, -0.2) is 18.1 Å². The predicted molar refractivity (Wildman–Crippen MR) is 264 cm³/mol. The highest BCUT2D eigenvalue weighted by Crippen LogP contribution is 2.53. The lowest BCUT2D eigenvalue weighted by molar-refractivity contribution is -0.384. The minimum Gasteiger partial charge on any atom is -0.455 e. The lowest BCUT2D eigenvalue weighted by Gasteiger charge is -2.59. The molecule has 5 aromatic rings. The molecular formula is C52H64N8O8S. The van der Waals surface area contributed by atoms with Crippen LogP contribution in [0.25, 0.3) is 11.0 Å². The Morgan fingerprint density at radius 2 is 1.75 bits per heavy atom. The average Bonchev–Trinajstić information content (AvgIpc) is 3.78. The third kappa shape index (κ3) is 9.93. The molecule has 2 aromatic heterocycles. The summed E-state index contributed by atoms with van der Waals surface area (Å²) in [6.45, 7) is 13.3. The molecule has 366 valence electrons. The van der Waals surface area contributed by atoms with Gasteiger partial charge in [-0.05, 0) is 123 Å². The highest BCUT2D eigenvalue weighted by atomic mass is 32.2. The number of carbonyl (C=O) groups is 1. The van der Waals surface area contributed by atoms with Gasteiger partial charge in [0.15, 0.2) is 0 Å². The summed E-state index contributed by atoms with van der Waals surface area (Å²) in [5.41, 5.74) is 3.68. The topological polar surface area (TPSA) is 195 Å². The van der Waals surface area contributed by atoms with Crippen molar-refractivity contribution in [2.45, 2.75) is 107 Å². The van der Waals surface area contributed by atoms with Crippen LogP contribution in [0.4, 0.5) is 17.1 Å². The Kier molecular flexibility index (Phi) is 12.9. The number of hydrogen-bond donors (Lipinski definition) is 4. The molecule has 2 saturated carbocycles. The fraction of sp³-hybridized carbons (Fsp3) is 0.500. The average molecular weight is 961 g/mol. The maximum atomic E-state index is 14.1. The van der Waals surface area contributed by atoms with Crippen molar-refractivity contribution < 1.29 is 32.7 Å². The second-order valence-electron chi connectivity index (χ2n) is 20.8. The van der Waals surface area contributed by atoms with E-state index in [1.807, 2.05) is 19.1 Å². The maximum absolute atomic E-state index is 14.1. The molecule has 17 heteroatoms. The van der Waals surface area contributed by atoms with Crippen molar-refractivity contribution in [3.05, 3.63) is 112 Å². The molecule has 4 N–H and O–H groups in total. The number of piperazine rings is 1. The van der Waals surface area contributed by atoms with Crippen molar-refractivity contribution in [2.24, 2.45) is 11.3 Å². The largest absolute Gasteiger partial charge is 0.455 e. The van der Waals surface area contributed by atoms with Crippen LogP contribution in [0.15, 0.2) is 90.1 Å². The van der Waals surface area contributed by atoms with Crippen LogP contribution in [0, 0.1) is 21.4 Å². The van der Waals surface area contributed by atoms with Crippen molar-refractivity contribution in [1.29, 1.82) is 0 Å². The molecule has 0 bridgehead atoms. The third-order valence-corrected chi connectivity index (χ3v) is 17.2. The second kappa shape index (κ2) is 19.0. The molecule has 1 spiro atoms. The van der Waals surface area contributed by atoms with Gasteiger partial charge in [0.05, 0.1) is 46.4 Å². The molecule has 16 nitrogen and oxygen atoms in total.